The molecule has 0 saturated heterocycles. The Bertz CT molecular complexity index is 850. The third-order valence-corrected chi connectivity index (χ3v) is 4.16. The van der Waals surface area contributed by atoms with E-state index in [4.69, 9.17) is 9.47 Å². The third-order valence-electron chi connectivity index (χ3n) is 4.16. The van der Waals surface area contributed by atoms with Crippen LogP contribution in [0.2, 0.25) is 0 Å². The van der Waals surface area contributed by atoms with Crippen LogP contribution in [-0.2, 0) is 29.7 Å². The number of ether oxygens (including phenoxy) is 2. The van der Waals surface area contributed by atoms with Crippen molar-refractivity contribution < 1.29 is 23.6 Å². The largest absolute Gasteiger partial charge is 0.451 e. The highest BCUT2D eigenvalue weighted by Gasteiger charge is 2.17. The van der Waals surface area contributed by atoms with Crippen LogP contribution in [0.5, 0.6) is 0 Å². The van der Waals surface area contributed by atoms with E-state index in [0.717, 1.165) is 11.4 Å². The number of pyridine rings is 1. The first-order valence-corrected chi connectivity index (χ1v) is 8.56. The molecule has 0 amide bonds. The van der Waals surface area contributed by atoms with Crippen LogP contribution in [0.1, 0.15) is 32.1 Å². The number of hydrogen-bond acceptors (Lipinski definition) is 4. The number of carbonyl (C=O) groups excluding carboxylic acids is 2. The molecule has 0 radical (unpaired) electrons. The smallest absolute Gasteiger partial charge is 0.338 e. The van der Waals surface area contributed by atoms with Crippen LogP contribution in [0.3, 0.4) is 0 Å². The van der Waals surface area contributed by atoms with E-state index < -0.39 is 0 Å². The van der Waals surface area contributed by atoms with Crippen molar-refractivity contribution in [2.45, 2.75) is 13.2 Å². The summed E-state index contributed by atoms with van der Waals surface area (Å²) in [6.45, 7) is 0.259. The average molecular weight is 362 g/mol. The molecule has 0 aliphatic rings. The van der Waals surface area contributed by atoms with Crippen molar-refractivity contribution in [2.24, 2.45) is 7.05 Å². The lowest BCUT2D eigenvalue weighted by Gasteiger charge is -2.07. The molecule has 0 unspecified atom stereocenters. The SMILES string of the molecule is C[n+]1c(COC(=O)c2ccccc2)cccc1COC(=O)c1ccccc1. The van der Waals surface area contributed by atoms with E-state index in [1.807, 2.05) is 41.9 Å². The number of nitrogens with zero attached hydrogens (tertiary/aromatic N) is 1. The average Bonchev–Trinajstić information content (AvgIpc) is 2.73. The Balaban J connectivity index is 1.62. The summed E-state index contributed by atoms with van der Waals surface area (Å²) in [6, 6.07) is 23.3. The van der Waals surface area contributed by atoms with E-state index in [9.17, 15) is 9.59 Å². The highest BCUT2D eigenvalue weighted by atomic mass is 16.5. The van der Waals surface area contributed by atoms with Crippen molar-refractivity contribution in [1.29, 1.82) is 0 Å². The van der Waals surface area contributed by atoms with Crippen molar-refractivity contribution in [3.63, 3.8) is 0 Å². The number of aromatic nitrogens is 1. The van der Waals surface area contributed by atoms with Crippen LogP contribution in [0, 0.1) is 0 Å². The molecule has 0 atom stereocenters. The zero-order chi connectivity index (χ0) is 19.1. The summed E-state index contributed by atoms with van der Waals surface area (Å²) in [5.74, 6) is -0.756. The van der Waals surface area contributed by atoms with Gasteiger partial charge in [-0.15, -0.1) is 0 Å². The Labute approximate surface area is 157 Å². The molecule has 136 valence electrons. The van der Waals surface area contributed by atoms with Gasteiger partial charge in [-0.05, 0) is 30.3 Å². The quantitative estimate of drug-likeness (QED) is 0.499. The molecule has 27 heavy (non-hydrogen) atoms. The number of esters is 2. The van der Waals surface area contributed by atoms with Gasteiger partial charge in [0.15, 0.2) is 13.2 Å². The van der Waals surface area contributed by atoms with Crippen molar-refractivity contribution in [3.8, 4) is 0 Å². The number of benzene rings is 2. The fourth-order valence-electron chi connectivity index (χ4n) is 2.56. The zero-order valence-electron chi connectivity index (χ0n) is 15.0. The van der Waals surface area contributed by atoms with Crippen molar-refractivity contribution in [1.82, 2.24) is 0 Å². The van der Waals surface area contributed by atoms with E-state index in [-0.39, 0.29) is 25.2 Å². The van der Waals surface area contributed by atoms with Crippen molar-refractivity contribution in [3.05, 3.63) is 101 Å². The Kier molecular flexibility index (Phi) is 5.94. The first-order chi connectivity index (χ1) is 13.1. The van der Waals surface area contributed by atoms with Crippen LogP contribution < -0.4 is 4.57 Å². The Morgan fingerprint density at radius 3 is 1.48 bits per heavy atom. The molecule has 3 rings (SSSR count). The first-order valence-electron chi connectivity index (χ1n) is 8.56. The second-order valence-electron chi connectivity index (χ2n) is 5.95. The maximum Gasteiger partial charge on any atom is 0.338 e. The molecule has 0 fully saturated rings. The summed E-state index contributed by atoms with van der Waals surface area (Å²) in [4.78, 5) is 24.2. The van der Waals surface area contributed by atoms with Gasteiger partial charge in [0.05, 0.1) is 11.1 Å². The maximum atomic E-state index is 12.1. The molecular formula is C22H20NO4+. The number of hydrogen-bond donors (Lipinski definition) is 0. The van der Waals surface area contributed by atoms with E-state index in [2.05, 4.69) is 0 Å². The Hall–Kier alpha value is -3.47. The zero-order valence-corrected chi connectivity index (χ0v) is 15.0. The standard InChI is InChI=1S/C22H20NO4/c1-23-19(15-26-21(24)17-9-4-2-5-10-17)13-8-14-20(23)16-27-22(25)18-11-6-3-7-12-18/h2-14H,15-16H2,1H3/q+1. The van der Waals surface area contributed by atoms with E-state index in [1.165, 1.54) is 0 Å². The van der Waals surface area contributed by atoms with Gasteiger partial charge in [0.1, 0.15) is 7.05 Å². The highest BCUT2D eigenvalue weighted by molar-refractivity contribution is 5.89. The lowest BCUT2D eigenvalue weighted by molar-refractivity contribution is -0.690. The molecule has 0 N–H and O–H groups in total. The maximum absolute atomic E-state index is 12.1. The first kappa shape index (κ1) is 18.3. The van der Waals surface area contributed by atoms with Crippen LogP contribution in [0.4, 0.5) is 0 Å². The Morgan fingerprint density at radius 1 is 0.667 bits per heavy atom. The summed E-state index contributed by atoms with van der Waals surface area (Å²) in [7, 11) is 1.84. The number of rotatable bonds is 6. The van der Waals surface area contributed by atoms with Crippen LogP contribution in [0.25, 0.3) is 0 Å². The van der Waals surface area contributed by atoms with Crippen molar-refractivity contribution >= 4 is 11.9 Å². The molecule has 0 aliphatic heterocycles. The predicted octanol–water partition coefficient (Wildman–Crippen LogP) is 3.23. The molecule has 1 heterocycles. The van der Waals surface area contributed by atoms with Crippen LogP contribution >= 0.6 is 0 Å². The van der Waals surface area contributed by atoms with Gasteiger partial charge in [0.25, 0.3) is 0 Å². The second-order valence-corrected chi connectivity index (χ2v) is 5.95. The second kappa shape index (κ2) is 8.76. The van der Waals surface area contributed by atoms with Crippen molar-refractivity contribution in [2.75, 3.05) is 0 Å². The van der Waals surface area contributed by atoms with Gasteiger partial charge in [0.2, 0.25) is 11.4 Å². The van der Waals surface area contributed by atoms with E-state index in [0.29, 0.717) is 11.1 Å². The van der Waals surface area contributed by atoms with Gasteiger partial charge in [-0.3, -0.25) is 0 Å². The van der Waals surface area contributed by atoms with Gasteiger partial charge in [-0.2, -0.15) is 4.57 Å². The number of carbonyl (C=O) groups is 2. The minimum absolute atomic E-state index is 0.130. The molecule has 5 nitrogen and oxygen atoms in total. The summed E-state index contributed by atoms with van der Waals surface area (Å²) in [5, 5.41) is 0. The molecule has 1 aromatic heterocycles. The van der Waals surface area contributed by atoms with Gasteiger partial charge in [-0.25, -0.2) is 9.59 Å². The molecule has 0 saturated carbocycles. The van der Waals surface area contributed by atoms with Gasteiger partial charge >= 0.3 is 11.9 Å². The molecular weight excluding hydrogens is 342 g/mol. The van der Waals surface area contributed by atoms with E-state index >= 15 is 0 Å². The van der Waals surface area contributed by atoms with Crippen LogP contribution in [0.15, 0.2) is 78.9 Å². The topological polar surface area (TPSA) is 56.5 Å². The summed E-state index contributed by atoms with van der Waals surface area (Å²) in [6.07, 6.45) is 0. The fraction of sp³-hybridized carbons (Fsp3) is 0.136. The minimum atomic E-state index is -0.378. The molecule has 5 heteroatoms. The highest BCUT2D eigenvalue weighted by Crippen LogP contribution is 2.07. The molecule has 3 aromatic rings. The van der Waals surface area contributed by atoms with Crippen LogP contribution in [-0.4, -0.2) is 11.9 Å². The molecule has 2 aromatic carbocycles. The van der Waals surface area contributed by atoms with E-state index in [1.54, 1.807) is 48.5 Å². The summed E-state index contributed by atoms with van der Waals surface area (Å²) in [5.41, 5.74) is 2.61. The minimum Gasteiger partial charge on any atom is -0.451 e. The van der Waals surface area contributed by atoms with Gasteiger partial charge < -0.3 is 9.47 Å². The normalized spacial score (nSPS) is 10.3. The monoisotopic (exact) mass is 362 g/mol. The third kappa shape index (κ3) is 4.79. The van der Waals surface area contributed by atoms with Gasteiger partial charge in [-0.1, -0.05) is 36.4 Å². The van der Waals surface area contributed by atoms with Gasteiger partial charge in [0, 0.05) is 12.1 Å². The summed E-state index contributed by atoms with van der Waals surface area (Å²) < 4.78 is 12.6. The predicted molar refractivity (Wildman–Crippen MR) is 98.7 cm³/mol. The lowest BCUT2D eigenvalue weighted by Crippen LogP contribution is -2.39. The lowest BCUT2D eigenvalue weighted by atomic mass is 10.2. The summed E-state index contributed by atoms with van der Waals surface area (Å²) >= 11 is 0. The fourth-order valence-corrected chi connectivity index (χ4v) is 2.56. The molecule has 0 aliphatic carbocycles. The molecule has 0 bridgehead atoms. The Morgan fingerprint density at radius 2 is 1.07 bits per heavy atom. The molecule has 0 spiro atoms.